The molecule has 0 unspecified atom stereocenters. The lowest BCUT2D eigenvalue weighted by atomic mass is 10.2. The van der Waals surface area contributed by atoms with Crippen LogP contribution >= 0.6 is 15.9 Å². The molecule has 1 aliphatic carbocycles. The van der Waals surface area contributed by atoms with Gasteiger partial charge in [0.05, 0.1) is 0 Å². The second kappa shape index (κ2) is 6.12. The summed E-state index contributed by atoms with van der Waals surface area (Å²) in [6.45, 7) is 8.12. The summed E-state index contributed by atoms with van der Waals surface area (Å²) in [5, 5.41) is 0. The Morgan fingerprint density at radius 3 is 2.74 bits per heavy atom. The predicted molar refractivity (Wildman–Crippen MR) is 81.4 cm³/mol. The van der Waals surface area contributed by atoms with E-state index in [4.69, 9.17) is 0 Å². The Morgan fingerprint density at radius 2 is 2.21 bits per heavy atom. The van der Waals surface area contributed by atoms with Gasteiger partial charge in [0.1, 0.15) is 5.69 Å². The van der Waals surface area contributed by atoms with E-state index in [1.54, 1.807) is 0 Å². The molecule has 0 aromatic carbocycles. The minimum absolute atomic E-state index is 0.174. The fraction of sp³-hybridized carbons (Fsp3) is 0.667. The van der Waals surface area contributed by atoms with Gasteiger partial charge in [-0.15, -0.1) is 0 Å². The topological polar surface area (TPSA) is 25.2 Å². The summed E-state index contributed by atoms with van der Waals surface area (Å²) < 4.78 is 3.04. The normalized spacial score (nSPS) is 15.0. The molecule has 0 aliphatic heterocycles. The standard InChI is InChI=1S/C15H23BrN2O/c1-4-7-17(9-12-5-6-12)15(19)14-8-13(16)10-18(14)11(2)3/h8,10-12H,4-7,9H2,1-3H3. The third-order valence-electron chi connectivity index (χ3n) is 3.55. The molecular weight excluding hydrogens is 304 g/mol. The molecule has 0 atom stereocenters. The highest BCUT2D eigenvalue weighted by molar-refractivity contribution is 9.10. The van der Waals surface area contributed by atoms with Crippen LogP contribution in [-0.2, 0) is 0 Å². The zero-order valence-electron chi connectivity index (χ0n) is 12.0. The molecule has 0 radical (unpaired) electrons. The van der Waals surface area contributed by atoms with Gasteiger partial charge in [-0.1, -0.05) is 6.92 Å². The van der Waals surface area contributed by atoms with Crippen LogP contribution < -0.4 is 0 Å². The van der Waals surface area contributed by atoms with Gasteiger partial charge in [-0.05, 0) is 61.0 Å². The highest BCUT2D eigenvalue weighted by Gasteiger charge is 2.28. The molecule has 106 valence electrons. The number of nitrogens with zero attached hydrogens (tertiary/aromatic N) is 2. The van der Waals surface area contributed by atoms with Gasteiger partial charge in [0.15, 0.2) is 0 Å². The molecule has 0 spiro atoms. The third kappa shape index (κ3) is 3.62. The van der Waals surface area contributed by atoms with Crippen molar-refractivity contribution in [2.24, 2.45) is 5.92 Å². The molecule has 3 nitrogen and oxygen atoms in total. The molecule has 0 saturated heterocycles. The Bertz CT molecular complexity index is 449. The van der Waals surface area contributed by atoms with E-state index in [-0.39, 0.29) is 5.91 Å². The summed E-state index contributed by atoms with van der Waals surface area (Å²) in [4.78, 5) is 14.7. The van der Waals surface area contributed by atoms with Gasteiger partial charge in [0.2, 0.25) is 0 Å². The monoisotopic (exact) mass is 326 g/mol. The molecule has 2 rings (SSSR count). The SMILES string of the molecule is CCCN(CC1CC1)C(=O)c1cc(Br)cn1C(C)C. The average Bonchev–Trinajstić information content (AvgIpc) is 3.08. The summed E-state index contributed by atoms with van der Waals surface area (Å²) in [5.41, 5.74) is 0.802. The highest BCUT2D eigenvalue weighted by atomic mass is 79.9. The van der Waals surface area contributed by atoms with Crippen LogP contribution in [0.2, 0.25) is 0 Å². The van der Waals surface area contributed by atoms with E-state index in [0.29, 0.717) is 6.04 Å². The fourth-order valence-electron chi connectivity index (χ4n) is 2.36. The van der Waals surface area contributed by atoms with Crippen molar-refractivity contribution in [2.45, 2.75) is 46.1 Å². The van der Waals surface area contributed by atoms with E-state index < -0.39 is 0 Å². The molecule has 1 amide bonds. The Morgan fingerprint density at radius 1 is 1.53 bits per heavy atom. The minimum Gasteiger partial charge on any atom is -0.340 e. The molecule has 4 heteroatoms. The zero-order chi connectivity index (χ0) is 14.0. The number of aromatic nitrogens is 1. The molecule has 1 heterocycles. The maximum absolute atomic E-state index is 12.7. The molecule has 1 fully saturated rings. The van der Waals surface area contributed by atoms with Crippen LogP contribution in [0.25, 0.3) is 0 Å². The second-order valence-electron chi connectivity index (χ2n) is 5.74. The van der Waals surface area contributed by atoms with E-state index in [2.05, 4.69) is 41.3 Å². The average molecular weight is 327 g/mol. The first-order valence-electron chi connectivity index (χ1n) is 7.19. The van der Waals surface area contributed by atoms with Crippen LogP contribution in [0.5, 0.6) is 0 Å². The lowest BCUT2D eigenvalue weighted by Gasteiger charge is -2.23. The first kappa shape index (κ1) is 14.6. The lowest BCUT2D eigenvalue weighted by Crippen LogP contribution is -2.35. The van der Waals surface area contributed by atoms with Crippen molar-refractivity contribution in [3.8, 4) is 0 Å². The van der Waals surface area contributed by atoms with E-state index in [9.17, 15) is 4.79 Å². The maximum Gasteiger partial charge on any atom is 0.270 e. The van der Waals surface area contributed by atoms with Crippen molar-refractivity contribution >= 4 is 21.8 Å². The van der Waals surface area contributed by atoms with Crippen molar-refractivity contribution in [1.29, 1.82) is 0 Å². The van der Waals surface area contributed by atoms with Crippen LogP contribution in [-0.4, -0.2) is 28.5 Å². The van der Waals surface area contributed by atoms with Crippen LogP contribution in [0, 0.1) is 5.92 Å². The van der Waals surface area contributed by atoms with Crippen LogP contribution in [0.3, 0.4) is 0 Å². The Balaban J connectivity index is 2.19. The van der Waals surface area contributed by atoms with E-state index in [1.807, 2.05) is 17.2 Å². The van der Waals surface area contributed by atoms with Crippen molar-refractivity contribution in [3.63, 3.8) is 0 Å². The molecule has 19 heavy (non-hydrogen) atoms. The Labute approximate surface area is 124 Å². The third-order valence-corrected chi connectivity index (χ3v) is 3.98. The van der Waals surface area contributed by atoms with E-state index >= 15 is 0 Å². The minimum atomic E-state index is 0.174. The van der Waals surface area contributed by atoms with Crippen LogP contribution in [0.15, 0.2) is 16.7 Å². The largest absolute Gasteiger partial charge is 0.340 e. The van der Waals surface area contributed by atoms with Crippen molar-refractivity contribution in [2.75, 3.05) is 13.1 Å². The Hall–Kier alpha value is -0.770. The van der Waals surface area contributed by atoms with Gasteiger partial charge in [-0.3, -0.25) is 4.79 Å². The number of hydrogen-bond acceptors (Lipinski definition) is 1. The van der Waals surface area contributed by atoms with E-state index in [1.165, 1.54) is 12.8 Å². The summed E-state index contributed by atoms with van der Waals surface area (Å²) in [5.74, 6) is 0.912. The number of hydrogen-bond donors (Lipinski definition) is 0. The number of carbonyl (C=O) groups is 1. The van der Waals surface area contributed by atoms with E-state index in [0.717, 1.165) is 35.6 Å². The van der Waals surface area contributed by atoms with Crippen LogP contribution in [0.1, 0.15) is 56.6 Å². The van der Waals surface area contributed by atoms with Gasteiger partial charge in [-0.25, -0.2) is 0 Å². The quantitative estimate of drug-likeness (QED) is 0.772. The number of amides is 1. The predicted octanol–water partition coefficient (Wildman–Crippen LogP) is 4.09. The van der Waals surface area contributed by atoms with Crippen molar-refractivity contribution < 1.29 is 4.79 Å². The fourth-order valence-corrected chi connectivity index (χ4v) is 2.80. The smallest absolute Gasteiger partial charge is 0.270 e. The molecular formula is C15H23BrN2O. The first-order chi connectivity index (χ1) is 9.02. The number of rotatable bonds is 6. The molecule has 1 aromatic rings. The summed E-state index contributed by atoms with van der Waals surface area (Å²) in [6.07, 6.45) is 5.58. The lowest BCUT2D eigenvalue weighted by molar-refractivity contribution is 0.0735. The summed E-state index contributed by atoms with van der Waals surface area (Å²) in [6, 6.07) is 2.24. The first-order valence-corrected chi connectivity index (χ1v) is 7.98. The molecule has 0 bridgehead atoms. The van der Waals surface area contributed by atoms with Gasteiger partial charge in [0.25, 0.3) is 5.91 Å². The molecule has 1 aromatic heterocycles. The van der Waals surface area contributed by atoms with Gasteiger partial charge < -0.3 is 9.47 Å². The van der Waals surface area contributed by atoms with Crippen molar-refractivity contribution in [1.82, 2.24) is 9.47 Å². The summed E-state index contributed by atoms with van der Waals surface area (Å²) in [7, 11) is 0. The van der Waals surface area contributed by atoms with Crippen LogP contribution in [0.4, 0.5) is 0 Å². The number of carbonyl (C=O) groups excluding carboxylic acids is 1. The van der Waals surface area contributed by atoms with Gasteiger partial charge in [0, 0.05) is 29.8 Å². The summed E-state index contributed by atoms with van der Waals surface area (Å²) >= 11 is 3.48. The second-order valence-corrected chi connectivity index (χ2v) is 6.65. The zero-order valence-corrected chi connectivity index (χ0v) is 13.6. The highest BCUT2D eigenvalue weighted by Crippen LogP contribution is 2.30. The Kier molecular flexibility index (Phi) is 4.71. The maximum atomic E-state index is 12.7. The molecule has 1 saturated carbocycles. The van der Waals surface area contributed by atoms with Gasteiger partial charge >= 0.3 is 0 Å². The molecule has 0 N–H and O–H groups in total. The number of halogens is 1. The van der Waals surface area contributed by atoms with Crippen molar-refractivity contribution in [3.05, 3.63) is 22.4 Å². The molecule has 1 aliphatic rings. The van der Waals surface area contributed by atoms with Gasteiger partial charge in [-0.2, -0.15) is 0 Å².